The molecule has 0 amide bonds. The molecule has 20 heavy (non-hydrogen) atoms. The van der Waals surface area contributed by atoms with E-state index in [1.54, 1.807) is 30.1 Å². The second-order valence-corrected chi connectivity index (χ2v) is 6.95. The van der Waals surface area contributed by atoms with Gasteiger partial charge in [-0.3, -0.25) is 4.68 Å². The van der Waals surface area contributed by atoms with Gasteiger partial charge in [-0.1, -0.05) is 0 Å². The van der Waals surface area contributed by atoms with Crippen LogP contribution in [0.3, 0.4) is 0 Å². The third-order valence-electron chi connectivity index (χ3n) is 2.82. The number of nitrogens with two attached hydrogens (primary N) is 1. The third kappa shape index (κ3) is 3.06. The number of thiazole rings is 1. The first-order valence-corrected chi connectivity index (χ1v) is 8.44. The highest BCUT2D eigenvalue weighted by atomic mass is 32.2. The molecule has 9 heteroatoms. The van der Waals surface area contributed by atoms with E-state index in [0.717, 1.165) is 5.01 Å². The molecule has 0 bridgehead atoms. The lowest BCUT2D eigenvalue weighted by molar-refractivity contribution is 0.577. The molecule has 2 heterocycles. The van der Waals surface area contributed by atoms with Crippen molar-refractivity contribution in [3.05, 3.63) is 28.0 Å². The van der Waals surface area contributed by atoms with Crippen molar-refractivity contribution in [3.8, 4) is 0 Å². The molecule has 7 nitrogen and oxygen atoms in total. The molecule has 2 aromatic heterocycles. The highest BCUT2D eigenvalue weighted by molar-refractivity contribution is 7.89. The van der Waals surface area contributed by atoms with Crippen molar-refractivity contribution >= 4 is 21.4 Å². The van der Waals surface area contributed by atoms with Gasteiger partial charge in [0.1, 0.15) is 9.90 Å². The minimum Gasteiger partial charge on any atom is -0.329 e. The van der Waals surface area contributed by atoms with Crippen molar-refractivity contribution in [1.29, 1.82) is 0 Å². The fourth-order valence-electron chi connectivity index (χ4n) is 1.98. The Morgan fingerprint density at radius 3 is 2.80 bits per heavy atom. The number of aryl methyl sites for hydroxylation is 1. The Hall–Kier alpha value is -1.29. The average molecular weight is 315 g/mol. The van der Waals surface area contributed by atoms with Crippen LogP contribution in [0.15, 0.2) is 16.5 Å². The molecule has 2 rings (SSSR count). The summed E-state index contributed by atoms with van der Waals surface area (Å²) in [7, 11) is -3.60. The van der Waals surface area contributed by atoms with Gasteiger partial charge in [-0.05, 0) is 13.8 Å². The quantitative estimate of drug-likeness (QED) is 0.803. The van der Waals surface area contributed by atoms with Gasteiger partial charge < -0.3 is 5.73 Å². The number of hydrogen-bond donors (Lipinski definition) is 2. The highest BCUT2D eigenvalue weighted by Gasteiger charge is 2.24. The zero-order valence-electron chi connectivity index (χ0n) is 11.3. The Kier molecular flexibility index (Phi) is 4.53. The van der Waals surface area contributed by atoms with Crippen molar-refractivity contribution in [2.45, 2.75) is 31.8 Å². The van der Waals surface area contributed by atoms with E-state index in [4.69, 9.17) is 5.73 Å². The zero-order valence-corrected chi connectivity index (χ0v) is 13.0. The Morgan fingerprint density at radius 1 is 1.45 bits per heavy atom. The van der Waals surface area contributed by atoms with E-state index in [0.29, 0.717) is 24.5 Å². The molecule has 3 N–H and O–H groups in total. The molecular weight excluding hydrogens is 298 g/mol. The van der Waals surface area contributed by atoms with Gasteiger partial charge >= 0.3 is 0 Å². The summed E-state index contributed by atoms with van der Waals surface area (Å²) in [5.41, 5.74) is 6.56. The van der Waals surface area contributed by atoms with E-state index in [9.17, 15) is 8.42 Å². The van der Waals surface area contributed by atoms with Crippen molar-refractivity contribution in [2.75, 3.05) is 6.54 Å². The van der Waals surface area contributed by atoms with Crippen LogP contribution in [0.1, 0.15) is 16.4 Å². The summed E-state index contributed by atoms with van der Waals surface area (Å²) < 4.78 is 28.9. The summed E-state index contributed by atoms with van der Waals surface area (Å²) in [6.07, 6.45) is 1.64. The van der Waals surface area contributed by atoms with E-state index in [-0.39, 0.29) is 11.4 Å². The Labute approximate surface area is 121 Å². The normalized spacial score (nSPS) is 11.9. The minimum absolute atomic E-state index is 0.181. The lowest BCUT2D eigenvalue weighted by Crippen LogP contribution is -2.24. The predicted molar refractivity (Wildman–Crippen MR) is 76.9 cm³/mol. The molecular formula is C11H17N5O2S2. The Morgan fingerprint density at radius 2 is 2.20 bits per heavy atom. The molecule has 2 aromatic rings. The second kappa shape index (κ2) is 6.00. The van der Waals surface area contributed by atoms with Gasteiger partial charge in [0.2, 0.25) is 10.0 Å². The average Bonchev–Trinajstić information content (AvgIpc) is 2.97. The molecule has 0 saturated heterocycles. The van der Waals surface area contributed by atoms with Crippen LogP contribution in [-0.2, 0) is 23.1 Å². The van der Waals surface area contributed by atoms with Crippen molar-refractivity contribution in [2.24, 2.45) is 5.73 Å². The summed E-state index contributed by atoms with van der Waals surface area (Å²) in [6, 6.07) is 0. The van der Waals surface area contributed by atoms with Crippen LogP contribution in [0, 0.1) is 13.8 Å². The topological polar surface area (TPSA) is 103 Å². The Balaban J connectivity index is 2.25. The predicted octanol–water partition coefficient (Wildman–Crippen LogP) is 0.394. The fraction of sp³-hybridized carbons (Fsp3) is 0.455. The Bertz CT molecular complexity index is 676. The number of rotatable bonds is 6. The number of nitrogens with one attached hydrogen (secondary N) is 1. The van der Waals surface area contributed by atoms with Crippen molar-refractivity contribution < 1.29 is 8.42 Å². The fourth-order valence-corrected chi connectivity index (χ4v) is 4.02. The summed E-state index contributed by atoms with van der Waals surface area (Å²) in [5.74, 6) is 0. The molecule has 0 aliphatic carbocycles. The molecule has 0 aromatic carbocycles. The largest absolute Gasteiger partial charge is 0.329 e. The molecule has 0 aliphatic rings. The molecule has 0 fully saturated rings. The summed E-state index contributed by atoms with van der Waals surface area (Å²) in [5, 5.41) is 6.74. The first-order chi connectivity index (χ1) is 9.45. The molecule has 0 aliphatic heterocycles. The zero-order chi connectivity index (χ0) is 14.8. The molecule has 0 saturated carbocycles. The van der Waals surface area contributed by atoms with E-state index < -0.39 is 10.0 Å². The van der Waals surface area contributed by atoms with Crippen molar-refractivity contribution in [3.63, 3.8) is 0 Å². The van der Waals surface area contributed by atoms with E-state index in [2.05, 4.69) is 14.8 Å². The second-order valence-electron chi connectivity index (χ2n) is 4.26. The summed E-state index contributed by atoms with van der Waals surface area (Å²) in [4.78, 5) is 4.27. The lowest BCUT2D eigenvalue weighted by atomic mass is 10.4. The molecule has 110 valence electrons. The maximum absolute atomic E-state index is 12.4. The molecule has 0 spiro atoms. The first-order valence-electron chi connectivity index (χ1n) is 6.08. The van der Waals surface area contributed by atoms with Crippen molar-refractivity contribution in [1.82, 2.24) is 19.5 Å². The molecule has 0 radical (unpaired) electrons. The first kappa shape index (κ1) is 15.1. The van der Waals surface area contributed by atoms with E-state index >= 15 is 0 Å². The van der Waals surface area contributed by atoms with Crippen LogP contribution < -0.4 is 10.5 Å². The summed E-state index contributed by atoms with van der Waals surface area (Å²) in [6.45, 7) is 4.50. The SMILES string of the molecule is Cc1nn(CCN)c(C)c1S(=O)(=O)NCc1nccs1. The number of aromatic nitrogens is 3. The maximum atomic E-state index is 12.4. The van der Waals surface area contributed by atoms with Crippen LogP contribution in [0.25, 0.3) is 0 Å². The number of sulfonamides is 1. The van der Waals surface area contributed by atoms with Crippen LogP contribution in [0.5, 0.6) is 0 Å². The van der Waals surface area contributed by atoms with Gasteiger partial charge in [0.25, 0.3) is 0 Å². The van der Waals surface area contributed by atoms with Gasteiger partial charge in [0.15, 0.2) is 0 Å². The monoisotopic (exact) mass is 315 g/mol. The van der Waals surface area contributed by atoms with Crippen LogP contribution in [-0.4, -0.2) is 29.7 Å². The van der Waals surface area contributed by atoms with Gasteiger partial charge in [0.05, 0.1) is 24.5 Å². The third-order valence-corrected chi connectivity index (χ3v) is 5.25. The number of hydrogen-bond acceptors (Lipinski definition) is 6. The van der Waals surface area contributed by atoms with E-state index in [1.165, 1.54) is 11.3 Å². The minimum atomic E-state index is -3.60. The van der Waals surface area contributed by atoms with Gasteiger partial charge in [-0.25, -0.2) is 18.1 Å². The standard InChI is InChI=1S/C11H17N5O2S2/c1-8-11(9(2)16(15-8)5-3-12)20(17,18)14-7-10-13-4-6-19-10/h4,6,14H,3,5,7,12H2,1-2H3. The lowest BCUT2D eigenvalue weighted by Gasteiger charge is -2.06. The smallest absolute Gasteiger partial charge is 0.244 e. The molecule has 0 unspecified atom stereocenters. The van der Waals surface area contributed by atoms with Crippen LogP contribution in [0.2, 0.25) is 0 Å². The molecule has 0 atom stereocenters. The number of nitrogens with zero attached hydrogens (tertiary/aromatic N) is 3. The summed E-state index contributed by atoms with van der Waals surface area (Å²) >= 11 is 1.41. The van der Waals surface area contributed by atoms with Gasteiger partial charge in [-0.2, -0.15) is 5.10 Å². The highest BCUT2D eigenvalue weighted by Crippen LogP contribution is 2.19. The maximum Gasteiger partial charge on any atom is 0.244 e. The van der Waals surface area contributed by atoms with Crippen LogP contribution >= 0.6 is 11.3 Å². The van der Waals surface area contributed by atoms with Gasteiger partial charge in [-0.15, -0.1) is 11.3 Å². The van der Waals surface area contributed by atoms with Crippen LogP contribution in [0.4, 0.5) is 0 Å². The van der Waals surface area contributed by atoms with Gasteiger partial charge in [0, 0.05) is 18.1 Å². The van der Waals surface area contributed by atoms with E-state index in [1.807, 2.05) is 0 Å².